The molecule has 1 unspecified atom stereocenters. The van der Waals surface area contributed by atoms with Gasteiger partial charge in [0.15, 0.2) is 5.96 Å². The second kappa shape index (κ2) is 10.5. The van der Waals surface area contributed by atoms with E-state index >= 15 is 0 Å². The van der Waals surface area contributed by atoms with Crippen LogP contribution >= 0.6 is 0 Å². The Balaban J connectivity index is 1.77. The van der Waals surface area contributed by atoms with Crippen molar-refractivity contribution in [1.29, 1.82) is 0 Å². The number of aliphatic imine (C=N–C) groups is 1. The molecule has 0 spiro atoms. The quantitative estimate of drug-likeness (QED) is 0.398. The number of halogens is 3. The summed E-state index contributed by atoms with van der Waals surface area (Å²) in [5.74, 6) is 0.634. The Kier molecular flexibility index (Phi) is 8.35. The number of rotatable bonds is 8. The van der Waals surface area contributed by atoms with Gasteiger partial charge in [-0.25, -0.2) is 0 Å². The zero-order chi connectivity index (χ0) is 20.6. The molecule has 0 aliphatic carbocycles. The number of pyridine rings is 1. The molecule has 28 heavy (non-hydrogen) atoms. The molecule has 0 bridgehead atoms. The standard InChI is InChI=1S/C19H30F3N5O/c1-3-23-18(25-16-9-12-26(13-16)14-19(20,21)22)24-10-4-5-11-27-15(2)7-6-8-17(27)28/h6-8,16H,3-5,9-14H2,1-2H3,(H2,23,24,25). The van der Waals surface area contributed by atoms with Crippen molar-refractivity contribution in [2.75, 3.05) is 32.7 Å². The van der Waals surface area contributed by atoms with Gasteiger partial charge < -0.3 is 15.2 Å². The van der Waals surface area contributed by atoms with E-state index in [0.717, 1.165) is 18.5 Å². The molecule has 1 aromatic heterocycles. The predicted molar refractivity (Wildman–Crippen MR) is 105 cm³/mol. The van der Waals surface area contributed by atoms with Crippen LogP contribution in [0.4, 0.5) is 13.2 Å². The van der Waals surface area contributed by atoms with Gasteiger partial charge in [0.1, 0.15) is 0 Å². The van der Waals surface area contributed by atoms with Crippen molar-refractivity contribution >= 4 is 5.96 Å². The number of guanidine groups is 1. The van der Waals surface area contributed by atoms with Crippen LogP contribution in [0.2, 0.25) is 0 Å². The van der Waals surface area contributed by atoms with Crippen LogP contribution in [0, 0.1) is 6.92 Å². The van der Waals surface area contributed by atoms with Gasteiger partial charge in [-0.1, -0.05) is 6.07 Å². The Bertz CT molecular complexity index is 702. The van der Waals surface area contributed by atoms with E-state index in [0.29, 0.717) is 45.1 Å². The molecule has 1 aliphatic rings. The Morgan fingerprint density at radius 3 is 2.79 bits per heavy atom. The summed E-state index contributed by atoms with van der Waals surface area (Å²) in [5.41, 5.74) is 0.943. The molecule has 1 fully saturated rings. The van der Waals surface area contributed by atoms with E-state index in [-0.39, 0.29) is 11.6 Å². The number of hydrogen-bond acceptors (Lipinski definition) is 3. The molecule has 0 saturated carbocycles. The van der Waals surface area contributed by atoms with Gasteiger partial charge in [-0.05, 0) is 39.2 Å². The molecule has 0 amide bonds. The number of hydrogen-bond donors (Lipinski definition) is 2. The lowest BCUT2D eigenvalue weighted by Gasteiger charge is -2.19. The largest absolute Gasteiger partial charge is 0.401 e. The van der Waals surface area contributed by atoms with Crippen molar-refractivity contribution in [1.82, 2.24) is 20.1 Å². The average Bonchev–Trinajstić information content (AvgIpc) is 3.02. The van der Waals surface area contributed by atoms with Crippen LogP contribution in [0.1, 0.15) is 31.9 Å². The fourth-order valence-electron chi connectivity index (χ4n) is 3.34. The maximum atomic E-state index is 12.5. The third-order valence-corrected chi connectivity index (χ3v) is 4.69. The summed E-state index contributed by atoms with van der Waals surface area (Å²) in [7, 11) is 0. The maximum Gasteiger partial charge on any atom is 0.401 e. The van der Waals surface area contributed by atoms with Gasteiger partial charge >= 0.3 is 6.18 Å². The molecule has 2 heterocycles. The third kappa shape index (κ3) is 7.53. The smallest absolute Gasteiger partial charge is 0.357 e. The molecule has 9 heteroatoms. The number of unbranched alkanes of at least 4 members (excludes halogenated alkanes) is 1. The van der Waals surface area contributed by atoms with Crippen LogP contribution < -0.4 is 16.2 Å². The van der Waals surface area contributed by atoms with Crippen LogP contribution in [0.5, 0.6) is 0 Å². The van der Waals surface area contributed by atoms with E-state index in [4.69, 9.17) is 0 Å². The van der Waals surface area contributed by atoms with Crippen LogP contribution in [0.15, 0.2) is 28.0 Å². The summed E-state index contributed by atoms with van der Waals surface area (Å²) in [6.45, 7) is 5.72. The summed E-state index contributed by atoms with van der Waals surface area (Å²) in [5, 5.41) is 6.38. The van der Waals surface area contributed by atoms with Crippen LogP contribution in [0.25, 0.3) is 0 Å². The summed E-state index contributed by atoms with van der Waals surface area (Å²) in [6, 6.07) is 5.19. The lowest BCUT2D eigenvalue weighted by Crippen LogP contribution is -2.45. The highest BCUT2D eigenvalue weighted by molar-refractivity contribution is 5.80. The summed E-state index contributed by atoms with van der Waals surface area (Å²) >= 11 is 0. The molecule has 1 saturated heterocycles. The summed E-state index contributed by atoms with van der Waals surface area (Å²) < 4.78 is 39.3. The number of nitrogens with one attached hydrogen (secondary N) is 2. The zero-order valence-corrected chi connectivity index (χ0v) is 16.6. The lowest BCUT2D eigenvalue weighted by atomic mass is 10.2. The van der Waals surface area contributed by atoms with Gasteiger partial charge in [0.25, 0.3) is 5.56 Å². The molecule has 1 aliphatic heterocycles. The summed E-state index contributed by atoms with van der Waals surface area (Å²) in [6.07, 6.45) is -1.85. The van der Waals surface area contributed by atoms with Gasteiger partial charge in [-0.15, -0.1) is 0 Å². The first-order valence-electron chi connectivity index (χ1n) is 9.79. The number of likely N-dealkylation sites (tertiary alicyclic amines) is 1. The topological polar surface area (TPSA) is 61.7 Å². The van der Waals surface area contributed by atoms with Gasteiger partial charge in [-0.3, -0.25) is 14.7 Å². The fraction of sp³-hybridized carbons (Fsp3) is 0.684. The van der Waals surface area contributed by atoms with Crippen LogP contribution in [0.3, 0.4) is 0 Å². The van der Waals surface area contributed by atoms with E-state index in [1.165, 1.54) is 4.90 Å². The number of alkyl halides is 3. The lowest BCUT2D eigenvalue weighted by molar-refractivity contribution is -0.143. The molecule has 1 aromatic rings. The highest BCUT2D eigenvalue weighted by atomic mass is 19.4. The highest BCUT2D eigenvalue weighted by Gasteiger charge is 2.34. The average molecular weight is 401 g/mol. The Morgan fingerprint density at radius 1 is 1.32 bits per heavy atom. The minimum absolute atomic E-state index is 0.00292. The molecule has 0 radical (unpaired) electrons. The molecule has 1 atom stereocenters. The van der Waals surface area contributed by atoms with Gasteiger partial charge in [-0.2, -0.15) is 13.2 Å². The zero-order valence-electron chi connectivity index (χ0n) is 16.6. The number of aryl methyl sites for hydroxylation is 1. The first-order valence-corrected chi connectivity index (χ1v) is 9.79. The second-order valence-corrected chi connectivity index (χ2v) is 7.11. The molecule has 2 rings (SSSR count). The van der Waals surface area contributed by atoms with E-state index in [1.807, 2.05) is 19.9 Å². The SMILES string of the molecule is CCNC(=NCCCCn1c(C)cccc1=O)NC1CCN(CC(F)(F)F)C1. The fourth-order valence-corrected chi connectivity index (χ4v) is 3.34. The van der Waals surface area contributed by atoms with Crippen molar-refractivity contribution in [3.63, 3.8) is 0 Å². The molecular formula is C19H30F3N5O. The first-order chi connectivity index (χ1) is 13.3. The monoisotopic (exact) mass is 401 g/mol. The van der Waals surface area contributed by atoms with Gasteiger partial charge in [0.2, 0.25) is 0 Å². The first kappa shape index (κ1) is 22.3. The Hall–Kier alpha value is -2.03. The Morgan fingerprint density at radius 2 is 2.11 bits per heavy atom. The van der Waals surface area contributed by atoms with Crippen molar-refractivity contribution in [2.24, 2.45) is 4.99 Å². The minimum atomic E-state index is -4.16. The Labute approximate surface area is 163 Å². The van der Waals surface area contributed by atoms with E-state index in [2.05, 4.69) is 15.6 Å². The van der Waals surface area contributed by atoms with Crippen molar-refractivity contribution in [3.8, 4) is 0 Å². The molecule has 6 nitrogen and oxygen atoms in total. The normalized spacial score (nSPS) is 18.5. The molecule has 2 N–H and O–H groups in total. The minimum Gasteiger partial charge on any atom is -0.357 e. The maximum absolute atomic E-state index is 12.5. The number of nitrogens with zero attached hydrogens (tertiary/aromatic N) is 3. The second-order valence-electron chi connectivity index (χ2n) is 7.11. The van der Waals surface area contributed by atoms with Gasteiger partial charge in [0, 0.05) is 50.5 Å². The molecule has 158 valence electrons. The summed E-state index contributed by atoms with van der Waals surface area (Å²) in [4.78, 5) is 17.8. The molecular weight excluding hydrogens is 371 g/mol. The van der Waals surface area contributed by atoms with E-state index < -0.39 is 12.7 Å². The molecule has 0 aromatic carbocycles. The van der Waals surface area contributed by atoms with Crippen molar-refractivity contribution < 1.29 is 13.2 Å². The van der Waals surface area contributed by atoms with Crippen LogP contribution in [-0.4, -0.2) is 60.4 Å². The van der Waals surface area contributed by atoms with Crippen LogP contribution in [-0.2, 0) is 6.54 Å². The number of aromatic nitrogens is 1. The van der Waals surface area contributed by atoms with Gasteiger partial charge in [0.05, 0.1) is 6.54 Å². The van der Waals surface area contributed by atoms with Crippen molar-refractivity contribution in [2.45, 2.75) is 51.9 Å². The van der Waals surface area contributed by atoms with Crippen molar-refractivity contribution in [3.05, 3.63) is 34.2 Å². The van der Waals surface area contributed by atoms with E-state index in [9.17, 15) is 18.0 Å². The van der Waals surface area contributed by atoms with E-state index in [1.54, 1.807) is 16.7 Å². The third-order valence-electron chi connectivity index (χ3n) is 4.69. The predicted octanol–water partition coefficient (Wildman–Crippen LogP) is 2.13. The highest BCUT2D eigenvalue weighted by Crippen LogP contribution is 2.19.